The number of aromatic nitrogens is 4. The Morgan fingerprint density at radius 2 is 2.20 bits per heavy atom. The molecule has 3 aromatic heterocycles. The summed E-state index contributed by atoms with van der Waals surface area (Å²) >= 11 is 1.72. The van der Waals surface area contributed by atoms with E-state index in [1.807, 2.05) is 12.3 Å². The summed E-state index contributed by atoms with van der Waals surface area (Å²) in [5.74, 6) is 1.52. The van der Waals surface area contributed by atoms with Gasteiger partial charge in [-0.1, -0.05) is 13.8 Å². The predicted molar refractivity (Wildman–Crippen MR) is 82.7 cm³/mol. The molecule has 5 nitrogen and oxygen atoms in total. The number of nitrogens with zero attached hydrogens (tertiary/aromatic N) is 4. The summed E-state index contributed by atoms with van der Waals surface area (Å²) in [6.45, 7) is 5.15. The molecule has 0 saturated carbocycles. The molecule has 0 aliphatic rings. The van der Waals surface area contributed by atoms with Gasteiger partial charge in [-0.2, -0.15) is 10.1 Å². The molecule has 104 valence electrons. The van der Waals surface area contributed by atoms with Crippen LogP contribution in [0.25, 0.3) is 16.0 Å². The molecule has 6 heteroatoms. The van der Waals surface area contributed by atoms with Crippen LogP contribution < -0.4 is 5.32 Å². The predicted octanol–water partition coefficient (Wildman–Crippen LogP) is 3.26. The van der Waals surface area contributed by atoms with Crippen molar-refractivity contribution < 1.29 is 0 Å². The third kappa shape index (κ3) is 2.38. The molecule has 0 aliphatic heterocycles. The van der Waals surface area contributed by atoms with Crippen molar-refractivity contribution in [1.29, 1.82) is 0 Å². The largest absolute Gasteiger partial charge is 0.354 e. The summed E-state index contributed by atoms with van der Waals surface area (Å²) in [7, 11) is 0. The van der Waals surface area contributed by atoms with Gasteiger partial charge >= 0.3 is 0 Å². The third-order valence-electron chi connectivity index (χ3n) is 3.03. The van der Waals surface area contributed by atoms with E-state index in [1.165, 1.54) is 4.88 Å². The Labute approximate surface area is 121 Å². The first-order valence-electron chi connectivity index (χ1n) is 6.86. The van der Waals surface area contributed by atoms with Crippen LogP contribution in [0.15, 0.2) is 24.5 Å². The molecule has 0 spiro atoms. The van der Waals surface area contributed by atoms with Gasteiger partial charge in [0.25, 0.3) is 0 Å². The van der Waals surface area contributed by atoms with Crippen LogP contribution in [0.5, 0.6) is 0 Å². The summed E-state index contributed by atoms with van der Waals surface area (Å²) in [5, 5.41) is 8.62. The fourth-order valence-electron chi connectivity index (χ4n) is 2.02. The number of hydrogen-bond donors (Lipinski definition) is 1. The van der Waals surface area contributed by atoms with Crippen molar-refractivity contribution >= 4 is 27.5 Å². The van der Waals surface area contributed by atoms with E-state index >= 15 is 0 Å². The average Bonchev–Trinajstić information content (AvgIpc) is 3.12. The molecule has 3 rings (SSSR count). The monoisotopic (exact) mass is 287 g/mol. The highest BCUT2D eigenvalue weighted by atomic mass is 32.1. The Hall–Kier alpha value is -1.95. The lowest BCUT2D eigenvalue weighted by atomic mass is 10.3. The van der Waals surface area contributed by atoms with Crippen LogP contribution >= 0.6 is 11.3 Å². The van der Waals surface area contributed by atoms with Gasteiger partial charge in [0.1, 0.15) is 4.83 Å². The topological polar surface area (TPSA) is 55.6 Å². The summed E-state index contributed by atoms with van der Waals surface area (Å²) in [4.78, 5) is 11.6. The summed E-state index contributed by atoms with van der Waals surface area (Å²) in [6, 6.07) is 4.07. The van der Waals surface area contributed by atoms with Crippen LogP contribution in [0.4, 0.5) is 5.95 Å². The Kier molecular flexibility index (Phi) is 3.64. The van der Waals surface area contributed by atoms with Crippen molar-refractivity contribution in [2.75, 3.05) is 11.9 Å². The lowest BCUT2D eigenvalue weighted by Crippen LogP contribution is -2.07. The molecule has 3 heterocycles. The van der Waals surface area contributed by atoms with Gasteiger partial charge < -0.3 is 5.32 Å². The molecule has 0 atom stereocenters. The molecule has 0 bridgehead atoms. The molecule has 0 fully saturated rings. The first-order chi connectivity index (χ1) is 9.81. The van der Waals surface area contributed by atoms with Gasteiger partial charge in [0.2, 0.25) is 5.95 Å². The quantitative estimate of drug-likeness (QED) is 0.782. The van der Waals surface area contributed by atoms with Gasteiger partial charge in [-0.15, -0.1) is 11.3 Å². The molecule has 0 radical (unpaired) electrons. The minimum Gasteiger partial charge on any atom is -0.354 e. The average molecular weight is 287 g/mol. The molecule has 0 amide bonds. The van der Waals surface area contributed by atoms with E-state index in [9.17, 15) is 0 Å². The van der Waals surface area contributed by atoms with Gasteiger partial charge in [-0.3, -0.25) is 0 Å². The zero-order valence-corrected chi connectivity index (χ0v) is 12.4. The highest BCUT2D eigenvalue weighted by molar-refractivity contribution is 7.18. The van der Waals surface area contributed by atoms with Crippen molar-refractivity contribution in [1.82, 2.24) is 19.7 Å². The SMILES string of the molecule is CCCNc1nc(-n2cccn2)c2cc(CC)sc2n1. The van der Waals surface area contributed by atoms with Gasteiger partial charge in [-0.25, -0.2) is 9.67 Å². The standard InChI is InChI=1S/C14H17N5S/c1-3-6-15-14-17-12(19-8-5-7-16-19)11-9-10(4-2)20-13(11)18-14/h5,7-9H,3-4,6H2,1-2H3,(H,15,17,18). The van der Waals surface area contributed by atoms with E-state index in [0.29, 0.717) is 5.95 Å². The van der Waals surface area contributed by atoms with E-state index in [-0.39, 0.29) is 0 Å². The number of fused-ring (bicyclic) bond motifs is 1. The van der Waals surface area contributed by atoms with Crippen LogP contribution in [0.3, 0.4) is 0 Å². The Balaban J connectivity index is 2.15. The van der Waals surface area contributed by atoms with Crippen molar-refractivity contribution in [2.24, 2.45) is 0 Å². The second kappa shape index (κ2) is 5.58. The molecule has 0 aliphatic carbocycles. The second-order valence-corrected chi connectivity index (χ2v) is 5.65. The number of hydrogen-bond acceptors (Lipinski definition) is 5. The van der Waals surface area contributed by atoms with Crippen LogP contribution in [0.1, 0.15) is 25.1 Å². The molecule has 0 saturated heterocycles. The van der Waals surface area contributed by atoms with E-state index in [0.717, 1.165) is 35.4 Å². The molecule has 1 N–H and O–H groups in total. The maximum atomic E-state index is 4.61. The van der Waals surface area contributed by atoms with Crippen LogP contribution in [-0.2, 0) is 6.42 Å². The summed E-state index contributed by atoms with van der Waals surface area (Å²) in [5.41, 5.74) is 0. The summed E-state index contributed by atoms with van der Waals surface area (Å²) in [6.07, 6.45) is 5.73. The van der Waals surface area contributed by atoms with Crippen molar-refractivity contribution in [3.63, 3.8) is 0 Å². The minimum absolute atomic E-state index is 0.675. The van der Waals surface area contributed by atoms with Crippen molar-refractivity contribution in [3.8, 4) is 5.82 Å². The van der Waals surface area contributed by atoms with Crippen LogP contribution in [0.2, 0.25) is 0 Å². The number of nitrogens with one attached hydrogen (secondary N) is 1. The van der Waals surface area contributed by atoms with Gasteiger partial charge in [0, 0.05) is 23.8 Å². The third-order valence-corrected chi connectivity index (χ3v) is 4.20. The van der Waals surface area contributed by atoms with E-state index in [4.69, 9.17) is 0 Å². The molecule has 3 aromatic rings. The second-order valence-electron chi connectivity index (χ2n) is 4.53. The molecule has 20 heavy (non-hydrogen) atoms. The fourth-order valence-corrected chi connectivity index (χ4v) is 2.98. The smallest absolute Gasteiger partial charge is 0.226 e. The van der Waals surface area contributed by atoms with Gasteiger partial charge in [0.05, 0.1) is 5.39 Å². The Morgan fingerprint density at radius 1 is 1.30 bits per heavy atom. The number of anilines is 1. The first-order valence-corrected chi connectivity index (χ1v) is 7.67. The summed E-state index contributed by atoms with van der Waals surface area (Å²) < 4.78 is 1.80. The minimum atomic E-state index is 0.675. The van der Waals surface area contributed by atoms with Crippen LogP contribution in [0, 0.1) is 0 Å². The number of aryl methyl sites for hydroxylation is 1. The van der Waals surface area contributed by atoms with Crippen LogP contribution in [-0.4, -0.2) is 26.3 Å². The number of thiophene rings is 1. The van der Waals surface area contributed by atoms with Crippen molar-refractivity contribution in [3.05, 3.63) is 29.4 Å². The normalized spacial score (nSPS) is 11.1. The lowest BCUT2D eigenvalue weighted by Gasteiger charge is -2.07. The molecule has 0 unspecified atom stereocenters. The van der Waals surface area contributed by atoms with Gasteiger partial charge in [0.15, 0.2) is 5.82 Å². The molecule has 0 aromatic carbocycles. The van der Waals surface area contributed by atoms with E-state index < -0.39 is 0 Å². The highest BCUT2D eigenvalue weighted by Gasteiger charge is 2.12. The van der Waals surface area contributed by atoms with E-state index in [1.54, 1.807) is 22.2 Å². The highest BCUT2D eigenvalue weighted by Crippen LogP contribution is 2.29. The van der Waals surface area contributed by atoms with Gasteiger partial charge in [-0.05, 0) is 25.0 Å². The maximum Gasteiger partial charge on any atom is 0.226 e. The molecular weight excluding hydrogens is 270 g/mol. The lowest BCUT2D eigenvalue weighted by molar-refractivity contribution is 0.848. The zero-order chi connectivity index (χ0) is 13.9. The van der Waals surface area contributed by atoms with E-state index in [2.05, 4.69) is 40.3 Å². The zero-order valence-electron chi connectivity index (χ0n) is 11.6. The molecular formula is C14H17N5S. The van der Waals surface area contributed by atoms with Crippen molar-refractivity contribution in [2.45, 2.75) is 26.7 Å². The number of rotatable bonds is 5. The Morgan fingerprint density at radius 3 is 2.90 bits per heavy atom. The first kappa shape index (κ1) is 13.1. The fraction of sp³-hybridized carbons (Fsp3) is 0.357. The Bertz CT molecular complexity index is 702. The maximum absolute atomic E-state index is 4.61.